The molecule has 4 rings (SSSR count). The third-order valence-electron chi connectivity index (χ3n) is 5.48. The predicted molar refractivity (Wildman–Crippen MR) is 122 cm³/mol. The van der Waals surface area contributed by atoms with Gasteiger partial charge in [-0.15, -0.1) is 0 Å². The summed E-state index contributed by atoms with van der Waals surface area (Å²) in [5, 5.41) is 13.6. The number of anilines is 1. The average molecular weight is 463 g/mol. The number of imidazole rings is 1. The Morgan fingerprint density at radius 1 is 1.34 bits per heavy atom. The van der Waals surface area contributed by atoms with Crippen LogP contribution in [0.15, 0.2) is 18.3 Å². The van der Waals surface area contributed by atoms with Gasteiger partial charge in [0, 0.05) is 17.7 Å². The Bertz CT molecular complexity index is 1140. The first-order valence-corrected chi connectivity index (χ1v) is 11.0. The van der Waals surface area contributed by atoms with E-state index in [0.717, 1.165) is 0 Å². The first-order valence-electron chi connectivity index (χ1n) is 10.6. The van der Waals surface area contributed by atoms with E-state index in [9.17, 15) is 5.11 Å². The molecule has 8 nitrogen and oxygen atoms in total. The number of fused-ring (bicyclic) bond motifs is 1. The number of aromatic nitrogens is 4. The van der Waals surface area contributed by atoms with Gasteiger partial charge in [0.25, 0.3) is 0 Å². The van der Waals surface area contributed by atoms with Crippen LogP contribution in [0.5, 0.6) is 0 Å². The number of halogens is 2. The molecule has 1 aliphatic heterocycles. The van der Waals surface area contributed by atoms with Gasteiger partial charge in [-0.2, -0.15) is 0 Å². The Morgan fingerprint density at radius 3 is 2.75 bits per heavy atom. The number of ether oxygens (including phenoxy) is 1. The summed E-state index contributed by atoms with van der Waals surface area (Å²) in [5.74, 6) is 0.427. The van der Waals surface area contributed by atoms with Crippen LogP contribution in [0.25, 0.3) is 22.3 Å². The van der Waals surface area contributed by atoms with Crippen LogP contribution >= 0.6 is 11.6 Å². The smallest absolute Gasteiger partial charge is 0.223 e. The van der Waals surface area contributed by atoms with E-state index in [-0.39, 0.29) is 34.8 Å². The molecule has 1 aliphatic rings. The summed E-state index contributed by atoms with van der Waals surface area (Å²) in [6.45, 7) is 8.66. The molecule has 0 radical (unpaired) electrons. The number of nitrogens with zero attached hydrogens (tertiary/aromatic N) is 4. The Morgan fingerprint density at radius 2 is 2.09 bits per heavy atom. The second-order valence-electron chi connectivity index (χ2n) is 9.16. The Hall–Kier alpha value is -2.33. The fourth-order valence-electron chi connectivity index (χ4n) is 4.00. The predicted octanol–water partition coefficient (Wildman–Crippen LogP) is 3.62. The number of aliphatic hydroxyl groups is 1. The maximum Gasteiger partial charge on any atom is 0.223 e. The van der Waals surface area contributed by atoms with Crippen LogP contribution in [0.3, 0.4) is 0 Å². The van der Waals surface area contributed by atoms with Gasteiger partial charge in [0.1, 0.15) is 11.3 Å². The molecule has 1 fully saturated rings. The summed E-state index contributed by atoms with van der Waals surface area (Å²) in [7, 11) is 0. The maximum absolute atomic E-state index is 15.2. The zero-order chi connectivity index (χ0) is 23.2. The molecule has 1 aromatic carbocycles. The van der Waals surface area contributed by atoms with Gasteiger partial charge in [0.15, 0.2) is 5.82 Å². The summed E-state index contributed by atoms with van der Waals surface area (Å²) in [6, 6.07) is 2.58. The molecular weight excluding hydrogens is 435 g/mol. The molecule has 3 aromatic rings. The van der Waals surface area contributed by atoms with Crippen LogP contribution in [0.1, 0.15) is 46.0 Å². The van der Waals surface area contributed by atoms with Gasteiger partial charge >= 0.3 is 0 Å². The van der Waals surface area contributed by atoms with Crippen molar-refractivity contribution < 1.29 is 14.2 Å². The number of hydrogen-bond donors (Lipinski definition) is 3. The molecule has 3 heterocycles. The molecule has 4 N–H and O–H groups in total. The van der Waals surface area contributed by atoms with Gasteiger partial charge in [0.2, 0.25) is 5.95 Å². The normalized spacial score (nSPS) is 20.5. The summed E-state index contributed by atoms with van der Waals surface area (Å²) in [6.07, 6.45) is 1.42. The molecule has 32 heavy (non-hydrogen) atoms. The quantitative estimate of drug-likeness (QED) is 0.543. The Kier molecular flexibility index (Phi) is 6.10. The minimum Gasteiger partial charge on any atom is -0.389 e. The highest BCUT2D eigenvalue weighted by molar-refractivity contribution is 6.33. The van der Waals surface area contributed by atoms with Gasteiger partial charge in [-0.05, 0) is 46.2 Å². The van der Waals surface area contributed by atoms with Gasteiger partial charge in [0.05, 0.1) is 47.2 Å². The lowest BCUT2D eigenvalue weighted by Crippen LogP contribution is -2.42. The SMILES string of the molecule is C[C@@H](N)c1nc2c(F)cc(-c3nc(N[C@@H]4CCOC[C@H]4O)ncc3Cl)cc2n1C(C)(C)C. The van der Waals surface area contributed by atoms with E-state index in [1.54, 1.807) is 0 Å². The zero-order valence-corrected chi connectivity index (χ0v) is 19.3. The second kappa shape index (κ2) is 8.55. The highest BCUT2D eigenvalue weighted by Crippen LogP contribution is 2.34. The molecule has 0 unspecified atom stereocenters. The molecule has 2 aromatic heterocycles. The van der Waals surface area contributed by atoms with E-state index < -0.39 is 11.9 Å². The first kappa shape index (κ1) is 22.8. The summed E-state index contributed by atoms with van der Waals surface area (Å²) in [4.78, 5) is 13.2. The van der Waals surface area contributed by atoms with Crippen molar-refractivity contribution >= 4 is 28.6 Å². The van der Waals surface area contributed by atoms with Crippen LogP contribution in [0, 0.1) is 5.82 Å². The van der Waals surface area contributed by atoms with Gasteiger partial charge in [-0.1, -0.05) is 11.6 Å². The fourth-order valence-corrected chi connectivity index (χ4v) is 4.20. The topological polar surface area (TPSA) is 111 Å². The molecule has 1 saturated heterocycles. The van der Waals surface area contributed by atoms with Crippen LogP contribution in [0.2, 0.25) is 5.02 Å². The lowest BCUT2D eigenvalue weighted by atomic mass is 10.1. The van der Waals surface area contributed by atoms with Gasteiger partial charge < -0.3 is 25.5 Å². The number of rotatable bonds is 4. The van der Waals surface area contributed by atoms with Crippen LogP contribution < -0.4 is 11.1 Å². The van der Waals surface area contributed by atoms with Crippen molar-refractivity contribution in [2.24, 2.45) is 5.73 Å². The van der Waals surface area contributed by atoms with Crippen molar-refractivity contribution in [3.63, 3.8) is 0 Å². The van der Waals surface area contributed by atoms with E-state index in [4.69, 9.17) is 22.1 Å². The number of benzene rings is 1. The van der Waals surface area contributed by atoms with E-state index in [2.05, 4.69) is 20.3 Å². The minimum atomic E-state index is -0.668. The minimum absolute atomic E-state index is 0.243. The van der Waals surface area contributed by atoms with Crippen molar-refractivity contribution in [1.29, 1.82) is 0 Å². The average Bonchev–Trinajstić information content (AvgIpc) is 3.12. The van der Waals surface area contributed by atoms with Gasteiger partial charge in [-0.25, -0.2) is 19.3 Å². The van der Waals surface area contributed by atoms with E-state index >= 15 is 4.39 Å². The number of aliphatic hydroxyl groups excluding tert-OH is 1. The highest BCUT2D eigenvalue weighted by Gasteiger charge is 2.27. The maximum atomic E-state index is 15.2. The first-order chi connectivity index (χ1) is 15.1. The van der Waals surface area contributed by atoms with Crippen molar-refractivity contribution in [3.05, 3.63) is 35.0 Å². The van der Waals surface area contributed by atoms with E-state index in [1.165, 1.54) is 12.3 Å². The van der Waals surface area contributed by atoms with Crippen LogP contribution in [0.4, 0.5) is 10.3 Å². The van der Waals surface area contributed by atoms with Crippen molar-refractivity contribution in [1.82, 2.24) is 19.5 Å². The standard InChI is InChI=1S/C22H28ClFN6O2/c1-11(25)20-28-19-14(24)7-12(8-16(19)30(20)22(2,3)4)18-13(23)9-26-21(29-18)27-15-5-6-32-10-17(15)31/h7-9,11,15,17,31H,5-6,10,25H2,1-4H3,(H,26,27,29)/t11-,15-,17-/m1/s1. The summed E-state index contributed by atoms with van der Waals surface area (Å²) < 4.78 is 22.4. The van der Waals surface area contributed by atoms with E-state index in [1.807, 2.05) is 38.3 Å². The van der Waals surface area contributed by atoms with E-state index in [0.29, 0.717) is 41.6 Å². The molecule has 3 atom stereocenters. The molecule has 10 heteroatoms. The largest absolute Gasteiger partial charge is 0.389 e. The number of nitrogens with one attached hydrogen (secondary N) is 1. The fraction of sp³-hybridized carbons (Fsp3) is 0.500. The number of hydrogen-bond acceptors (Lipinski definition) is 7. The lowest BCUT2D eigenvalue weighted by Gasteiger charge is -2.28. The molecule has 0 amide bonds. The molecule has 172 valence electrons. The highest BCUT2D eigenvalue weighted by atomic mass is 35.5. The van der Waals surface area contributed by atoms with Crippen molar-refractivity contribution in [2.45, 2.75) is 57.8 Å². The molecule has 0 saturated carbocycles. The Labute approximate surface area is 191 Å². The van der Waals surface area contributed by atoms with Crippen molar-refractivity contribution in [3.8, 4) is 11.3 Å². The summed E-state index contributed by atoms with van der Waals surface area (Å²) in [5.41, 5.74) is 7.52. The zero-order valence-electron chi connectivity index (χ0n) is 18.6. The van der Waals surface area contributed by atoms with Gasteiger partial charge in [-0.3, -0.25) is 0 Å². The molecule has 0 spiro atoms. The van der Waals surface area contributed by atoms with Crippen LogP contribution in [-0.2, 0) is 10.3 Å². The third kappa shape index (κ3) is 4.30. The molecular formula is C22H28ClFN6O2. The van der Waals surface area contributed by atoms with Crippen LogP contribution in [-0.4, -0.2) is 50.0 Å². The monoisotopic (exact) mass is 462 g/mol. The second-order valence-corrected chi connectivity index (χ2v) is 9.57. The lowest BCUT2D eigenvalue weighted by molar-refractivity contribution is -0.0136. The van der Waals surface area contributed by atoms with Crippen molar-refractivity contribution in [2.75, 3.05) is 18.5 Å². The Balaban J connectivity index is 1.81. The third-order valence-corrected chi connectivity index (χ3v) is 5.75. The summed E-state index contributed by atoms with van der Waals surface area (Å²) >= 11 is 6.40. The number of nitrogens with two attached hydrogens (primary N) is 1. The molecule has 0 aliphatic carbocycles. The molecule has 0 bridgehead atoms.